The molecule has 1 aliphatic rings. The van der Waals surface area contributed by atoms with E-state index in [1.165, 1.54) is 6.07 Å². The largest absolute Gasteiger partial charge is 0.378 e. The van der Waals surface area contributed by atoms with Gasteiger partial charge in [0.25, 0.3) is 0 Å². The second kappa shape index (κ2) is 12.0. The number of rotatable bonds is 7. The average Bonchev–Trinajstić information content (AvgIpc) is 3.20. The van der Waals surface area contributed by atoms with Gasteiger partial charge >= 0.3 is 0 Å². The van der Waals surface area contributed by atoms with Crippen molar-refractivity contribution < 1.29 is 9.13 Å². The summed E-state index contributed by atoms with van der Waals surface area (Å²) in [6, 6.07) is 8.85. The molecular formula is C23H30FIN6O. The topological polar surface area (TPSA) is 77.6 Å². The van der Waals surface area contributed by atoms with Crippen LogP contribution in [-0.2, 0) is 17.7 Å². The molecule has 3 aromatic rings. The van der Waals surface area contributed by atoms with E-state index in [1.807, 2.05) is 25.4 Å². The second-order valence-electron chi connectivity index (χ2n) is 7.46. The van der Waals surface area contributed by atoms with Crippen molar-refractivity contribution in [3.8, 4) is 0 Å². The van der Waals surface area contributed by atoms with Crippen molar-refractivity contribution in [1.29, 1.82) is 0 Å². The monoisotopic (exact) mass is 552 g/mol. The van der Waals surface area contributed by atoms with Gasteiger partial charge in [-0.3, -0.25) is 0 Å². The van der Waals surface area contributed by atoms with Gasteiger partial charge in [0.05, 0.1) is 19.8 Å². The number of aromatic nitrogens is 2. The number of hydrogen-bond acceptors (Lipinski definition) is 4. The fraction of sp³-hybridized carbons (Fsp3) is 0.391. The van der Waals surface area contributed by atoms with E-state index in [0.29, 0.717) is 13.1 Å². The first-order valence-corrected chi connectivity index (χ1v) is 10.8. The van der Waals surface area contributed by atoms with Crippen LogP contribution in [0.25, 0.3) is 10.9 Å². The summed E-state index contributed by atoms with van der Waals surface area (Å²) in [5, 5.41) is 7.61. The molecule has 3 N–H and O–H groups in total. The number of aliphatic imine (C=N–C) groups is 1. The Morgan fingerprint density at radius 2 is 2.06 bits per heavy atom. The molecule has 0 saturated carbocycles. The summed E-state index contributed by atoms with van der Waals surface area (Å²) in [5.74, 6) is 1.51. The fourth-order valence-corrected chi connectivity index (χ4v) is 3.79. The first-order chi connectivity index (χ1) is 15.2. The third-order valence-corrected chi connectivity index (χ3v) is 5.35. The van der Waals surface area contributed by atoms with Crippen LogP contribution in [0.5, 0.6) is 0 Å². The minimum atomic E-state index is -0.219. The number of halogens is 2. The van der Waals surface area contributed by atoms with Gasteiger partial charge in [0.15, 0.2) is 5.96 Å². The van der Waals surface area contributed by atoms with Crippen LogP contribution in [0.2, 0.25) is 0 Å². The normalized spacial score (nSPS) is 14.3. The molecule has 0 unspecified atom stereocenters. The minimum absolute atomic E-state index is 0. The zero-order valence-electron chi connectivity index (χ0n) is 18.2. The third kappa shape index (κ3) is 6.10. The first-order valence-electron chi connectivity index (χ1n) is 10.8. The Kier molecular flexibility index (Phi) is 9.10. The maximum atomic E-state index is 13.6. The van der Waals surface area contributed by atoms with Gasteiger partial charge in [-0.25, -0.2) is 14.4 Å². The summed E-state index contributed by atoms with van der Waals surface area (Å²) in [4.78, 5) is 14.8. The zero-order chi connectivity index (χ0) is 21.5. The predicted octanol–water partition coefficient (Wildman–Crippen LogP) is 3.45. The van der Waals surface area contributed by atoms with E-state index in [1.54, 1.807) is 12.1 Å². The first kappa shape index (κ1) is 24.2. The van der Waals surface area contributed by atoms with Crippen LogP contribution in [0.15, 0.2) is 47.7 Å². The second-order valence-corrected chi connectivity index (χ2v) is 7.46. The van der Waals surface area contributed by atoms with Crippen molar-refractivity contribution in [3.05, 3.63) is 59.7 Å². The molecule has 0 radical (unpaired) electrons. The molecule has 4 rings (SSSR count). The molecule has 9 heteroatoms. The van der Waals surface area contributed by atoms with Crippen LogP contribution >= 0.6 is 24.0 Å². The lowest BCUT2D eigenvalue weighted by Crippen LogP contribution is -2.38. The molecule has 0 atom stereocenters. The van der Waals surface area contributed by atoms with E-state index in [4.69, 9.17) is 9.73 Å². The maximum absolute atomic E-state index is 13.6. The van der Waals surface area contributed by atoms with Crippen molar-refractivity contribution in [3.63, 3.8) is 0 Å². The van der Waals surface area contributed by atoms with E-state index in [2.05, 4.69) is 31.6 Å². The van der Waals surface area contributed by atoms with Gasteiger partial charge in [0, 0.05) is 55.0 Å². The fourth-order valence-electron chi connectivity index (χ4n) is 3.79. The molecule has 1 saturated heterocycles. The van der Waals surface area contributed by atoms with Gasteiger partial charge in [0.2, 0.25) is 0 Å². The Morgan fingerprint density at radius 1 is 1.22 bits per heavy atom. The zero-order valence-corrected chi connectivity index (χ0v) is 20.6. The Hall–Kier alpha value is -2.40. The molecule has 7 nitrogen and oxygen atoms in total. The minimum Gasteiger partial charge on any atom is -0.378 e. The number of fused-ring (bicyclic) bond motifs is 1. The summed E-state index contributed by atoms with van der Waals surface area (Å²) >= 11 is 0. The highest BCUT2D eigenvalue weighted by Gasteiger charge is 2.15. The van der Waals surface area contributed by atoms with E-state index < -0.39 is 0 Å². The number of nitrogens with zero attached hydrogens (tertiary/aromatic N) is 3. The molecule has 2 aromatic heterocycles. The molecule has 172 valence electrons. The van der Waals surface area contributed by atoms with E-state index >= 15 is 0 Å². The number of anilines is 1. The molecule has 3 heterocycles. The summed E-state index contributed by atoms with van der Waals surface area (Å²) in [6.45, 7) is 7.18. The molecule has 0 aliphatic carbocycles. The Bertz CT molecular complexity index is 1030. The van der Waals surface area contributed by atoms with Crippen molar-refractivity contribution in [1.82, 2.24) is 20.6 Å². The SMILES string of the molecule is CCNC(=NCc1cccnc1N1CCOCC1)NCCc1c[nH]c2ccc(F)cc12.I. The van der Waals surface area contributed by atoms with Crippen molar-refractivity contribution in [2.45, 2.75) is 19.9 Å². The van der Waals surface area contributed by atoms with E-state index in [0.717, 1.165) is 73.1 Å². The number of H-pyrrole nitrogens is 1. The van der Waals surface area contributed by atoms with E-state index in [-0.39, 0.29) is 29.8 Å². The number of hydrogen-bond donors (Lipinski definition) is 3. The van der Waals surface area contributed by atoms with Crippen LogP contribution in [0.4, 0.5) is 10.2 Å². The van der Waals surface area contributed by atoms with Crippen molar-refractivity contribution in [2.24, 2.45) is 4.99 Å². The van der Waals surface area contributed by atoms with Gasteiger partial charge in [-0.1, -0.05) is 6.07 Å². The Morgan fingerprint density at radius 3 is 2.88 bits per heavy atom. The molecule has 0 spiro atoms. The standard InChI is InChI=1S/C23H29FN6O.HI/c1-2-25-23(27-9-7-17-15-28-21-6-5-19(24)14-20(17)21)29-16-18-4-3-8-26-22(18)30-10-12-31-13-11-30;/h3-6,8,14-15,28H,2,7,9-13,16H2,1H3,(H2,25,27,29);1H. The lowest BCUT2D eigenvalue weighted by Gasteiger charge is -2.29. The van der Waals surface area contributed by atoms with Crippen molar-refractivity contribution >= 4 is 46.7 Å². The Labute approximate surface area is 204 Å². The van der Waals surface area contributed by atoms with Gasteiger partial charge in [-0.2, -0.15) is 0 Å². The Balaban J connectivity index is 0.00000289. The highest BCUT2D eigenvalue weighted by Crippen LogP contribution is 2.20. The molecule has 1 fully saturated rings. The highest BCUT2D eigenvalue weighted by molar-refractivity contribution is 14.0. The lowest BCUT2D eigenvalue weighted by atomic mass is 10.1. The number of nitrogens with one attached hydrogen (secondary N) is 3. The summed E-state index contributed by atoms with van der Waals surface area (Å²) in [6.07, 6.45) is 4.53. The summed E-state index contributed by atoms with van der Waals surface area (Å²) in [5.41, 5.74) is 3.12. The summed E-state index contributed by atoms with van der Waals surface area (Å²) in [7, 11) is 0. The van der Waals surface area contributed by atoms with Crippen LogP contribution in [0.1, 0.15) is 18.1 Å². The quantitative estimate of drug-likeness (QED) is 0.238. The highest BCUT2D eigenvalue weighted by atomic mass is 127. The molecular weight excluding hydrogens is 522 g/mol. The van der Waals surface area contributed by atoms with Crippen LogP contribution in [-0.4, -0.2) is 55.3 Å². The number of guanidine groups is 1. The maximum Gasteiger partial charge on any atom is 0.191 e. The average molecular weight is 552 g/mol. The molecule has 32 heavy (non-hydrogen) atoms. The number of morpholine rings is 1. The molecule has 1 aliphatic heterocycles. The van der Waals surface area contributed by atoms with Crippen LogP contribution in [0, 0.1) is 5.82 Å². The molecule has 0 amide bonds. The van der Waals surface area contributed by atoms with E-state index in [9.17, 15) is 4.39 Å². The number of aromatic amines is 1. The summed E-state index contributed by atoms with van der Waals surface area (Å²) < 4.78 is 19.1. The van der Waals surface area contributed by atoms with Gasteiger partial charge < -0.3 is 25.3 Å². The third-order valence-electron chi connectivity index (χ3n) is 5.35. The van der Waals surface area contributed by atoms with Gasteiger partial charge in [-0.15, -0.1) is 24.0 Å². The molecule has 1 aromatic carbocycles. The van der Waals surface area contributed by atoms with Gasteiger partial charge in [0.1, 0.15) is 11.6 Å². The van der Waals surface area contributed by atoms with Gasteiger partial charge in [-0.05, 0) is 43.2 Å². The van der Waals surface area contributed by atoms with Crippen LogP contribution in [0.3, 0.4) is 0 Å². The number of ether oxygens (including phenoxy) is 1. The smallest absolute Gasteiger partial charge is 0.191 e. The lowest BCUT2D eigenvalue weighted by molar-refractivity contribution is 0.122. The van der Waals surface area contributed by atoms with Crippen molar-refractivity contribution in [2.75, 3.05) is 44.3 Å². The molecule has 0 bridgehead atoms. The predicted molar refractivity (Wildman–Crippen MR) is 137 cm³/mol. The number of pyridine rings is 1. The number of benzene rings is 1. The van der Waals surface area contributed by atoms with Crippen LogP contribution < -0.4 is 15.5 Å².